The first-order valence-electron chi connectivity index (χ1n) is 7.88. The minimum atomic E-state index is -6.08. The van der Waals surface area contributed by atoms with Gasteiger partial charge in [0, 0.05) is 0 Å². The van der Waals surface area contributed by atoms with Crippen LogP contribution < -0.4 is 20.4 Å². The van der Waals surface area contributed by atoms with Crippen molar-refractivity contribution in [1.82, 2.24) is 20.2 Å². The monoisotopic (exact) mass is 504 g/mol. The molecular formula is C10H13N5O13P3-3. The van der Waals surface area contributed by atoms with E-state index in [9.17, 15) is 38.6 Å². The number of hydrogen-bond donors (Lipinski definition) is 5. The zero-order chi connectivity index (χ0) is 23.2. The van der Waals surface area contributed by atoms with Crippen LogP contribution in [0.25, 0.3) is 11.0 Å². The van der Waals surface area contributed by atoms with Crippen molar-refractivity contribution < 1.29 is 61.4 Å². The normalized spacial score (nSPS) is 30.0. The summed E-state index contributed by atoms with van der Waals surface area (Å²) in [6.07, 6.45) is -5.08. The van der Waals surface area contributed by atoms with Crippen molar-refractivity contribution >= 4 is 40.3 Å². The van der Waals surface area contributed by atoms with E-state index in [4.69, 9.17) is 15.4 Å². The fourth-order valence-corrected chi connectivity index (χ4v) is 5.54. The zero-order valence-corrected chi connectivity index (χ0v) is 17.5. The molecule has 7 atom stereocenters. The van der Waals surface area contributed by atoms with Crippen molar-refractivity contribution in [1.29, 1.82) is 0 Å². The van der Waals surface area contributed by atoms with Crippen LogP contribution in [-0.4, -0.2) is 60.2 Å². The highest BCUT2D eigenvalue weighted by Gasteiger charge is 2.45. The number of phosphoric acid groups is 3. The second-order valence-corrected chi connectivity index (χ2v) is 10.3. The quantitative estimate of drug-likeness (QED) is 0.218. The SMILES string of the molecule is Nc1ncnc2c([C@@H]3O[C@H](COP(=O)([O-])OP(=O)([O-])OP(=O)([O-])O)C(O)[C@@H]3O)[nH]nc12. The molecule has 1 aliphatic heterocycles. The van der Waals surface area contributed by atoms with E-state index in [1.807, 2.05) is 0 Å². The van der Waals surface area contributed by atoms with Crippen molar-refractivity contribution in [2.45, 2.75) is 24.4 Å². The third-order valence-corrected chi connectivity index (χ3v) is 7.53. The summed E-state index contributed by atoms with van der Waals surface area (Å²) in [5, 5.41) is 26.7. The summed E-state index contributed by atoms with van der Waals surface area (Å²) >= 11 is 0. The predicted molar refractivity (Wildman–Crippen MR) is 88.9 cm³/mol. The molecule has 1 aliphatic rings. The molecule has 0 saturated carbocycles. The van der Waals surface area contributed by atoms with E-state index in [2.05, 4.69) is 33.3 Å². The molecule has 1 fully saturated rings. The van der Waals surface area contributed by atoms with Crippen molar-refractivity contribution in [3.05, 3.63) is 12.0 Å². The lowest BCUT2D eigenvalue weighted by molar-refractivity contribution is -0.250. The summed E-state index contributed by atoms with van der Waals surface area (Å²) in [5.74, 6) is 0.0135. The molecule has 21 heteroatoms. The Balaban J connectivity index is 1.69. The van der Waals surface area contributed by atoms with E-state index >= 15 is 0 Å². The van der Waals surface area contributed by atoms with Crippen molar-refractivity contribution in [3.8, 4) is 0 Å². The average Bonchev–Trinajstić information content (AvgIpc) is 3.13. The van der Waals surface area contributed by atoms with Crippen molar-refractivity contribution in [2.75, 3.05) is 12.3 Å². The predicted octanol–water partition coefficient (Wildman–Crippen LogP) is -3.46. The van der Waals surface area contributed by atoms with Gasteiger partial charge in [-0.1, -0.05) is 0 Å². The number of aromatic amines is 1. The number of ether oxygens (including phenoxy) is 1. The Bertz CT molecular complexity index is 1100. The minimum Gasteiger partial charge on any atom is -0.756 e. The third kappa shape index (κ3) is 5.71. The van der Waals surface area contributed by atoms with Crippen LogP contribution in [0.3, 0.4) is 0 Å². The van der Waals surface area contributed by atoms with Crippen LogP contribution in [0.15, 0.2) is 6.33 Å². The Hall–Kier alpha value is -1.36. The summed E-state index contributed by atoms with van der Waals surface area (Å²) in [6.45, 7) is -1.06. The Labute approximate surface area is 171 Å². The van der Waals surface area contributed by atoms with Crippen molar-refractivity contribution in [3.63, 3.8) is 0 Å². The zero-order valence-electron chi connectivity index (χ0n) is 14.8. The van der Waals surface area contributed by atoms with Gasteiger partial charge in [-0.2, -0.15) is 5.10 Å². The van der Waals surface area contributed by atoms with Gasteiger partial charge in [-0.15, -0.1) is 0 Å². The van der Waals surface area contributed by atoms with Gasteiger partial charge >= 0.3 is 0 Å². The molecule has 18 nitrogen and oxygen atoms in total. The number of phosphoric ester groups is 1. The topological polar surface area (TPSA) is 298 Å². The standard InChI is InChI=1S/C10H16N5O13P3/c11-10-6-4(12-2-13-10)5(14-15-6)9-8(17)7(16)3(26-9)1-25-30(21,22)28-31(23,24)27-29(18,19)20/h2-3,7-9,16-17H,1H2,(H,14,15)(H,21,22)(H,23,24)(H2,11,12,13)(H2,18,19,20)/p-3/t3-,7?,8+,9+/m1/s1. The van der Waals surface area contributed by atoms with E-state index in [0.717, 1.165) is 6.33 Å². The van der Waals surface area contributed by atoms with Gasteiger partial charge in [0.25, 0.3) is 23.5 Å². The molecule has 0 aromatic carbocycles. The number of aliphatic hydroxyl groups excluding tert-OH is 2. The number of aromatic nitrogens is 4. The summed E-state index contributed by atoms with van der Waals surface area (Å²) < 4.78 is 49.4. The Kier molecular flexibility index (Phi) is 6.68. The third-order valence-electron chi connectivity index (χ3n) is 3.84. The van der Waals surface area contributed by atoms with E-state index in [1.54, 1.807) is 0 Å². The molecule has 4 unspecified atom stereocenters. The van der Waals surface area contributed by atoms with Crippen LogP contribution in [0.2, 0.25) is 0 Å². The van der Waals surface area contributed by atoms with Gasteiger partial charge in [-0.25, -0.2) is 18.6 Å². The number of rotatable bonds is 8. The van der Waals surface area contributed by atoms with Gasteiger partial charge in [0.2, 0.25) is 0 Å². The van der Waals surface area contributed by atoms with Gasteiger partial charge in [0.05, 0.1) is 12.3 Å². The van der Waals surface area contributed by atoms with Crippen LogP contribution in [0.4, 0.5) is 5.82 Å². The highest BCUT2D eigenvalue weighted by atomic mass is 31.3. The largest absolute Gasteiger partial charge is 0.756 e. The summed E-state index contributed by atoms with van der Waals surface area (Å²) in [4.78, 5) is 49.2. The van der Waals surface area contributed by atoms with Crippen LogP contribution in [0.1, 0.15) is 11.8 Å². The number of nitrogens with one attached hydrogen (secondary N) is 1. The number of anilines is 1. The lowest BCUT2D eigenvalue weighted by Gasteiger charge is -2.33. The van der Waals surface area contributed by atoms with Gasteiger partial charge in [0.1, 0.15) is 36.3 Å². The first-order valence-corrected chi connectivity index (χ1v) is 12.3. The van der Waals surface area contributed by atoms with Gasteiger partial charge in [0.15, 0.2) is 11.3 Å². The van der Waals surface area contributed by atoms with E-state index in [1.165, 1.54) is 0 Å². The first kappa shape index (κ1) is 24.3. The average molecular weight is 504 g/mol. The molecular weight excluding hydrogens is 491 g/mol. The lowest BCUT2D eigenvalue weighted by atomic mass is 10.1. The number of aliphatic hydroxyl groups is 2. The second kappa shape index (κ2) is 8.53. The number of nitrogens with zero attached hydrogens (tertiary/aromatic N) is 3. The molecule has 2 aromatic rings. The van der Waals surface area contributed by atoms with Crippen LogP contribution in [0, 0.1) is 0 Å². The molecule has 31 heavy (non-hydrogen) atoms. The molecule has 3 heterocycles. The van der Waals surface area contributed by atoms with Gasteiger partial charge in [-0.3, -0.25) is 18.8 Å². The maximum absolute atomic E-state index is 11.6. The maximum Gasteiger partial charge on any atom is 0.280 e. The molecule has 0 aliphatic carbocycles. The molecule has 0 amide bonds. The molecule has 0 radical (unpaired) electrons. The highest BCUT2D eigenvalue weighted by Crippen LogP contribution is 2.61. The number of fused-ring (bicyclic) bond motifs is 1. The number of hydrogen-bond acceptors (Lipinski definition) is 16. The Morgan fingerprint density at radius 3 is 2.42 bits per heavy atom. The number of nitrogen functional groups attached to an aromatic ring is 1. The highest BCUT2D eigenvalue weighted by molar-refractivity contribution is 7.65. The molecule has 2 aromatic heterocycles. The summed E-state index contributed by atoms with van der Waals surface area (Å²) in [6, 6.07) is 0. The minimum absolute atomic E-state index is 0.0135. The Morgan fingerprint density at radius 1 is 1.10 bits per heavy atom. The molecule has 0 bridgehead atoms. The van der Waals surface area contributed by atoms with Crippen molar-refractivity contribution in [2.24, 2.45) is 0 Å². The fourth-order valence-electron chi connectivity index (χ4n) is 2.64. The first-order chi connectivity index (χ1) is 14.2. The van der Waals surface area contributed by atoms with Crippen LogP contribution >= 0.6 is 23.5 Å². The molecule has 0 spiro atoms. The molecule has 6 N–H and O–H groups in total. The van der Waals surface area contributed by atoms with E-state index in [0.29, 0.717) is 0 Å². The van der Waals surface area contributed by atoms with Crippen LogP contribution in [-0.2, 0) is 31.6 Å². The van der Waals surface area contributed by atoms with E-state index in [-0.39, 0.29) is 22.5 Å². The van der Waals surface area contributed by atoms with Gasteiger partial charge in [-0.05, 0) is 0 Å². The summed E-state index contributed by atoms with van der Waals surface area (Å²) in [7, 11) is -17.7. The van der Waals surface area contributed by atoms with E-state index < -0.39 is 54.5 Å². The number of nitrogens with two attached hydrogens (primary N) is 1. The number of H-pyrrole nitrogens is 1. The fraction of sp³-hybridized carbons (Fsp3) is 0.500. The lowest BCUT2D eigenvalue weighted by Crippen LogP contribution is -2.33. The summed E-state index contributed by atoms with van der Waals surface area (Å²) in [5.41, 5.74) is 6.02. The van der Waals surface area contributed by atoms with Gasteiger partial charge < -0.3 is 44.8 Å². The maximum atomic E-state index is 11.6. The molecule has 3 rings (SSSR count). The Morgan fingerprint density at radius 2 is 1.77 bits per heavy atom. The second-order valence-electron chi connectivity index (χ2n) is 5.99. The van der Waals surface area contributed by atoms with Crippen LogP contribution in [0.5, 0.6) is 0 Å². The molecule has 174 valence electrons. The molecule has 1 saturated heterocycles. The smallest absolute Gasteiger partial charge is 0.280 e.